The molecule has 238 valence electrons. The predicted octanol–water partition coefficient (Wildman–Crippen LogP) is 7.06. The average molecular weight is 601 g/mol. The lowest BCUT2D eigenvalue weighted by molar-refractivity contribution is -0.197. The number of hydrogen-bond donors (Lipinski definition) is 1. The molecule has 3 heterocycles. The summed E-state index contributed by atoms with van der Waals surface area (Å²) in [5, 5.41) is 11.5. The first-order chi connectivity index (χ1) is 21.2. The number of carbonyl (C=O) groups is 2. The molecule has 1 aromatic heterocycles. The van der Waals surface area contributed by atoms with Crippen molar-refractivity contribution in [2.45, 2.75) is 97.7 Å². The normalized spacial score (nSPS) is 42.8. The van der Waals surface area contributed by atoms with Crippen LogP contribution in [-0.4, -0.2) is 59.1 Å². The Kier molecular flexibility index (Phi) is 7.72. The highest BCUT2D eigenvalue weighted by molar-refractivity contribution is 5.90. The Morgan fingerprint density at radius 1 is 1.25 bits per heavy atom. The molecule has 4 fully saturated rings. The monoisotopic (exact) mass is 600 g/mol. The van der Waals surface area contributed by atoms with Crippen LogP contribution in [0.25, 0.3) is 5.57 Å². The first-order valence-corrected chi connectivity index (χ1v) is 17.6. The SMILES string of the molecule is CCCCC1CC(C23C[C@@H]4[C@H](C)CC[C@H]4C4(C=O)CC2C=C(C(C)C)C34C(=O)O)OC1CN1CC=C(c2ccccn2)CC1. The summed E-state index contributed by atoms with van der Waals surface area (Å²) in [6.07, 6.45) is 16.6. The molecule has 10 atom stereocenters. The Hall–Kier alpha value is -2.31. The van der Waals surface area contributed by atoms with Gasteiger partial charge in [-0.2, -0.15) is 0 Å². The van der Waals surface area contributed by atoms with Crippen LogP contribution < -0.4 is 0 Å². The number of aldehydes is 1. The fraction of sp³-hybridized carbons (Fsp3) is 0.711. The van der Waals surface area contributed by atoms with Crippen LogP contribution in [-0.2, 0) is 14.3 Å². The van der Waals surface area contributed by atoms with E-state index in [0.29, 0.717) is 24.2 Å². The number of nitrogens with zero attached hydrogens (tertiary/aromatic N) is 2. The van der Waals surface area contributed by atoms with Crippen LogP contribution in [0.1, 0.15) is 91.2 Å². The molecule has 0 radical (unpaired) electrons. The highest BCUT2D eigenvalue weighted by Crippen LogP contribution is 2.84. The minimum atomic E-state index is -1.16. The fourth-order valence-corrected chi connectivity index (χ4v) is 11.9. The summed E-state index contributed by atoms with van der Waals surface area (Å²) < 4.78 is 7.32. The van der Waals surface area contributed by atoms with Gasteiger partial charge in [-0.05, 0) is 91.7 Å². The Bertz CT molecular complexity index is 1340. The molecular weight excluding hydrogens is 548 g/mol. The fourth-order valence-electron chi connectivity index (χ4n) is 11.9. The molecule has 1 saturated heterocycles. The molecule has 7 unspecified atom stereocenters. The van der Waals surface area contributed by atoms with Crippen molar-refractivity contribution in [1.29, 1.82) is 0 Å². The lowest BCUT2D eigenvalue weighted by Gasteiger charge is -2.60. The maximum absolute atomic E-state index is 14.0. The molecule has 6 aliphatic rings. The van der Waals surface area contributed by atoms with E-state index in [9.17, 15) is 14.7 Å². The minimum absolute atomic E-state index is 0.0865. The summed E-state index contributed by atoms with van der Waals surface area (Å²) in [5.41, 5.74) is 0.874. The van der Waals surface area contributed by atoms with Crippen molar-refractivity contribution in [3.63, 3.8) is 0 Å². The van der Waals surface area contributed by atoms with Crippen LogP contribution in [0.15, 0.2) is 42.1 Å². The van der Waals surface area contributed by atoms with Crippen LogP contribution in [0.4, 0.5) is 0 Å². The number of allylic oxidation sites excluding steroid dienone is 1. The summed E-state index contributed by atoms with van der Waals surface area (Å²) in [5.74, 6) is 0.905. The van der Waals surface area contributed by atoms with Gasteiger partial charge in [-0.1, -0.05) is 70.7 Å². The van der Waals surface area contributed by atoms with Gasteiger partial charge in [-0.15, -0.1) is 0 Å². The zero-order valence-electron chi connectivity index (χ0n) is 27.2. The number of rotatable bonds is 10. The zero-order chi connectivity index (χ0) is 30.9. The number of ether oxygens (including phenoxy) is 1. The average Bonchev–Trinajstić information content (AvgIpc) is 3.74. The quantitative estimate of drug-likeness (QED) is 0.229. The maximum atomic E-state index is 14.0. The second kappa shape index (κ2) is 11.2. The molecule has 1 aromatic rings. The van der Waals surface area contributed by atoms with Gasteiger partial charge in [0.15, 0.2) is 0 Å². The number of pyridine rings is 1. The number of carboxylic acids is 1. The van der Waals surface area contributed by atoms with E-state index in [1.54, 1.807) is 0 Å². The topological polar surface area (TPSA) is 79.7 Å². The van der Waals surface area contributed by atoms with Crippen LogP contribution in [0.3, 0.4) is 0 Å². The first-order valence-electron chi connectivity index (χ1n) is 17.6. The van der Waals surface area contributed by atoms with Crippen LogP contribution in [0, 0.1) is 51.8 Å². The molecule has 4 bridgehead atoms. The van der Waals surface area contributed by atoms with Crippen molar-refractivity contribution in [1.82, 2.24) is 9.88 Å². The zero-order valence-corrected chi connectivity index (χ0v) is 27.2. The molecule has 0 amide bonds. The van der Waals surface area contributed by atoms with E-state index in [2.05, 4.69) is 61.9 Å². The Morgan fingerprint density at radius 2 is 2.09 bits per heavy atom. The van der Waals surface area contributed by atoms with Crippen molar-refractivity contribution >= 4 is 17.8 Å². The van der Waals surface area contributed by atoms with Gasteiger partial charge in [-0.25, -0.2) is 0 Å². The molecule has 7 rings (SSSR count). The van der Waals surface area contributed by atoms with Gasteiger partial charge in [0.2, 0.25) is 0 Å². The second-order valence-electron chi connectivity index (χ2n) is 15.6. The van der Waals surface area contributed by atoms with Gasteiger partial charge in [0.1, 0.15) is 11.7 Å². The van der Waals surface area contributed by atoms with Crippen molar-refractivity contribution in [2.24, 2.45) is 51.8 Å². The Labute approximate surface area is 263 Å². The van der Waals surface area contributed by atoms with E-state index in [0.717, 1.165) is 88.6 Å². The molecule has 3 saturated carbocycles. The van der Waals surface area contributed by atoms with E-state index >= 15 is 0 Å². The van der Waals surface area contributed by atoms with Gasteiger partial charge in [0.25, 0.3) is 0 Å². The molecule has 6 nitrogen and oxygen atoms in total. The third kappa shape index (κ3) is 4.01. The summed E-state index contributed by atoms with van der Waals surface area (Å²) >= 11 is 0. The summed E-state index contributed by atoms with van der Waals surface area (Å²) in [7, 11) is 0. The number of aromatic nitrogens is 1. The van der Waals surface area contributed by atoms with Crippen molar-refractivity contribution in [2.75, 3.05) is 19.6 Å². The molecule has 6 heteroatoms. The standard InChI is InChI=1S/C38H52N2O4/c1-5-6-9-27-18-34(44-33(27)22-40-16-13-26(14-17-40)32-10-7-8-15-39-32)37-21-29-25(4)11-12-30(29)36(23-41)20-28(37)19-31(24(2)3)38(36,37)35(42)43/h7-8,10,13,15,19,23-25,27-30,33-34H,5-6,9,11-12,14,16-18,20-22H2,1-4H3,(H,42,43)/t25-,27?,28?,29-,30-,33?,34?,36?,37?,38?/m1/s1. The smallest absolute Gasteiger partial charge is 0.315 e. The van der Waals surface area contributed by atoms with Crippen LogP contribution >= 0.6 is 0 Å². The number of carboxylic acid groups (broad SMARTS) is 1. The number of fused-ring (bicyclic) bond motifs is 2. The van der Waals surface area contributed by atoms with E-state index in [4.69, 9.17) is 4.74 Å². The largest absolute Gasteiger partial charge is 0.481 e. The van der Waals surface area contributed by atoms with E-state index < -0.39 is 22.2 Å². The number of unbranched alkanes of at least 4 members (excludes halogenated alkanes) is 1. The number of aliphatic carboxylic acids is 1. The summed E-state index contributed by atoms with van der Waals surface area (Å²) in [6, 6.07) is 6.12. The summed E-state index contributed by atoms with van der Waals surface area (Å²) in [6.45, 7) is 11.6. The minimum Gasteiger partial charge on any atom is -0.481 e. The van der Waals surface area contributed by atoms with Gasteiger partial charge < -0.3 is 14.6 Å². The van der Waals surface area contributed by atoms with Crippen molar-refractivity contribution in [3.05, 3.63) is 47.8 Å². The third-order valence-electron chi connectivity index (χ3n) is 13.6. The molecule has 1 N–H and O–H groups in total. The number of carbonyl (C=O) groups excluding carboxylic acids is 1. The molecule has 0 spiro atoms. The van der Waals surface area contributed by atoms with E-state index in [1.165, 1.54) is 5.57 Å². The van der Waals surface area contributed by atoms with Crippen LogP contribution in [0.5, 0.6) is 0 Å². The van der Waals surface area contributed by atoms with Gasteiger partial charge in [0, 0.05) is 31.2 Å². The summed E-state index contributed by atoms with van der Waals surface area (Å²) in [4.78, 5) is 34.7. The lowest BCUT2D eigenvalue weighted by atomic mass is 9.41. The predicted molar refractivity (Wildman–Crippen MR) is 172 cm³/mol. The molecule has 2 aliphatic heterocycles. The molecule has 44 heavy (non-hydrogen) atoms. The van der Waals surface area contributed by atoms with E-state index in [-0.39, 0.29) is 30.0 Å². The Balaban J connectivity index is 1.23. The molecule has 4 aliphatic carbocycles. The third-order valence-corrected chi connectivity index (χ3v) is 13.6. The first kappa shape index (κ1) is 30.3. The molecule has 0 aromatic carbocycles. The van der Waals surface area contributed by atoms with Gasteiger partial charge in [0.05, 0.1) is 23.3 Å². The Morgan fingerprint density at radius 3 is 2.75 bits per heavy atom. The van der Waals surface area contributed by atoms with Gasteiger partial charge >= 0.3 is 5.97 Å². The van der Waals surface area contributed by atoms with Crippen LogP contribution in [0.2, 0.25) is 0 Å². The maximum Gasteiger partial charge on any atom is 0.315 e. The van der Waals surface area contributed by atoms with Gasteiger partial charge in [-0.3, -0.25) is 14.7 Å². The van der Waals surface area contributed by atoms with E-state index in [1.807, 2.05) is 12.3 Å². The highest BCUT2D eigenvalue weighted by Gasteiger charge is 2.86. The molecular formula is C38H52N2O4. The second-order valence-corrected chi connectivity index (χ2v) is 15.6. The highest BCUT2D eigenvalue weighted by atomic mass is 16.5. The number of hydrogen-bond acceptors (Lipinski definition) is 5. The lowest BCUT2D eigenvalue weighted by Crippen LogP contribution is -2.65. The van der Waals surface area contributed by atoms with Crippen molar-refractivity contribution in [3.8, 4) is 0 Å². The van der Waals surface area contributed by atoms with Crippen molar-refractivity contribution < 1.29 is 19.4 Å².